The van der Waals surface area contributed by atoms with Crippen molar-refractivity contribution >= 4 is 60.8 Å². The van der Waals surface area contributed by atoms with Gasteiger partial charge in [-0.2, -0.15) is 0 Å². The molecule has 272 valence electrons. The molecule has 0 aliphatic carbocycles. The van der Waals surface area contributed by atoms with Crippen LogP contribution in [0.25, 0.3) is 82.8 Å². The van der Waals surface area contributed by atoms with Gasteiger partial charge in [0.25, 0.3) is 0 Å². The van der Waals surface area contributed by atoms with Crippen LogP contribution in [0.4, 0.5) is 17.1 Å². The SMILES string of the molecule is c1ccc(-c2ccc(N(c3ccc(-c4ccc5c(c4)Oc4cccc6c7ccccc7n-5c46)cc3)c3ccc4c(c3)oc3cc(-c5ccccc5)ccc34)cc2)cc1. The molecule has 58 heavy (non-hydrogen) atoms. The predicted molar refractivity (Wildman–Crippen MR) is 239 cm³/mol. The maximum atomic E-state index is 6.61. The Labute approximate surface area is 335 Å². The van der Waals surface area contributed by atoms with Crippen molar-refractivity contribution in [3.63, 3.8) is 0 Å². The van der Waals surface area contributed by atoms with Crippen molar-refractivity contribution in [3.05, 3.63) is 206 Å². The molecule has 0 radical (unpaired) electrons. The number of hydrogen-bond acceptors (Lipinski definition) is 3. The Morgan fingerprint density at radius 3 is 1.62 bits per heavy atom. The highest BCUT2D eigenvalue weighted by Gasteiger charge is 2.24. The van der Waals surface area contributed by atoms with E-state index in [2.05, 4.69) is 210 Å². The lowest BCUT2D eigenvalue weighted by Gasteiger charge is -2.26. The minimum absolute atomic E-state index is 0.845. The summed E-state index contributed by atoms with van der Waals surface area (Å²) in [6, 6.07) is 73.1. The van der Waals surface area contributed by atoms with Crippen LogP contribution in [0.3, 0.4) is 0 Å². The summed E-state index contributed by atoms with van der Waals surface area (Å²) in [4.78, 5) is 2.30. The topological polar surface area (TPSA) is 30.5 Å². The van der Waals surface area contributed by atoms with E-state index in [0.29, 0.717) is 0 Å². The van der Waals surface area contributed by atoms with Crippen LogP contribution in [0, 0.1) is 0 Å². The van der Waals surface area contributed by atoms with E-state index >= 15 is 0 Å². The van der Waals surface area contributed by atoms with E-state index in [4.69, 9.17) is 9.15 Å². The van der Waals surface area contributed by atoms with E-state index < -0.39 is 0 Å². The number of fused-ring (bicyclic) bond motifs is 8. The van der Waals surface area contributed by atoms with Gasteiger partial charge in [-0.05, 0) is 106 Å². The van der Waals surface area contributed by atoms with E-state index in [9.17, 15) is 0 Å². The number of para-hydroxylation sites is 2. The maximum absolute atomic E-state index is 6.61. The van der Waals surface area contributed by atoms with Crippen molar-refractivity contribution in [3.8, 4) is 50.6 Å². The first kappa shape index (κ1) is 32.4. The molecule has 1 aliphatic heterocycles. The molecule has 0 saturated heterocycles. The summed E-state index contributed by atoms with van der Waals surface area (Å²) in [7, 11) is 0. The summed E-state index contributed by atoms with van der Waals surface area (Å²) in [5.41, 5.74) is 15.1. The minimum Gasteiger partial charge on any atom is -0.456 e. The van der Waals surface area contributed by atoms with Gasteiger partial charge in [-0.1, -0.05) is 127 Å². The third-order valence-electron chi connectivity index (χ3n) is 11.6. The Morgan fingerprint density at radius 1 is 0.345 bits per heavy atom. The second kappa shape index (κ2) is 12.9. The molecule has 0 amide bonds. The molecular formula is C54H34N2O2. The van der Waals surface area contributed by atoms with Gasteiger partial charge in [0.05, 0.1) is 16.7 Å². The second-order valence-electron chi connectivity index (χ2n) is 14.9. The number of rotatable bonds is 6. The smallest absolute Gasteiger partial charge is 0.152 e. The van der Waals surface area contributed by atoms with Crippen molar-refractivity contribution < 1.29 is 9.15 Å². The Balaban J connectivity index is 0.935. The molecule has 3 heterocycles. The van der Waals surface area contributed by atoms with Gasteiger partial charge in [0.2, 0.25) is 0 Å². The Hall–Kier alpha value is -7.82. The van der Waals surface area contributed by atoms with E-state index in [0.717, 1.165) is 78.4 Å². The van der Waals surface area contributed by atoms with Crippen LogP contribution < -0.4 is 9.64 Å². The van der Waals surface area contributed by atoms with Crippen LogP contribution in [0.1, 0.15) is 0 Å². The van der Waals surface area contributed by atoms with E-state index in [1.807, 2.05) is 6.07 Å². The monoisotopic (exact) mass is 742 g/mol. The number of anilines is 3. The Morgan fingerprint density at radius 2 is 0.879 bits per heavy atom. The zero-order valence-corrected chi connectivity index (χ0v) is 31.3. The van der Waals surface area contributed by atoms with Gasteiger partial charge in [-0.3, -0.25) is 0 Å². The Kier molecular flexibility index (Phi) is 7.20. The molecule has 2 aromatic heterocycles. The summed E-state index contributed by atoms with van der Waals surface area (Å²) in [6.45, 7) is 0. The molecule has 4 heteroatoms. The first-order valence-electron chi connectivity index (χ1n) is 19.7. The van der Waals surface area contributed by atoms with Crippen LogP contribution in [0.5, 0.6) is 11.5 Å². The standard InChI is InChI=1S/C54H34N2O2/c1-3-10-35(11-4-1)37-18-24-41(25-19-37)55(43-28-30-46-45-29-22-39(36-12-5-2-6-13-36)32-51(45)58-52(46)34-43)42-26-20-38(21-27-42)40-23-31-49-53(33-40)57-50-17-9-15-47-44-14-7-8-16-48(44)56(49)54(47)50/h1-34H. The largest absolute Gasteiger partial charge is 0.456 e. The fraction of sp³-hybridized carbons (Fsp3) is 0. The number of hydrogen-bond donors (Lipinski definition) is 0. The summed E-state index contributed by atoms with van der Waals surface area (Å²) < 4.78 is 15.5. The molecule has 0 saturated carbocycles. The highest BCUT2D eigenvalue weighted by molar-refractivity contribution is 6.12. The minimum atomic E-state index is 0.845. The molecule has 12 rings (SSSR count). The fourth-order valence-electron chi connectivity index (χ4n) is 8.80. The number of ether oxygens (including phenoxy) is 1. The van der Waals surface area contributed by atoms with Gasteiger partial charge >= 0.3 is 0 Å². The lowest BCUT2D eigenvalue weighted by Crippen LogP contribution is -2.09. The number of benzene rings is 9. The highest BCUT2D eigenvalue weighted by Crippen LogP contribution is 2.47. The molecule has 0 atom stereocenters. The zero-order valence-electron chi connectivity index (χ0n) is 31.3. The lowest BCUT2D eigenvalue weighted by molar-refractivity contribution is 0.476. The molecule has 0 bridgehead atoms. The van der Waals surface area contributed by atoms with Crippen LogP contribution in [-0.2, 0) is 0 Å². The summed E-state index contributed by atoms with van der Waals surface area (Å²) in [6.07, 6.45) is 0. The average molecular weight is 743 g/mol. The third kappa shape index (κ3) is 5.16. The van der Waals surface area contributed by atoms with E-state index in [1.54, 1.807) is 0 Å². The van der Waals surface area contributed by atoms with E-state index in [-0.39, 0.29) is 0 Å². The van der Waals surface area contributed by atoms with Crippen molar-refractivity contribution in [1.82, 2.24) is 4.57 Å². The highest BCUT2D eigenvalue weighted by atomic mass is 16.5. The molecule has 0 unspecified atom stereocenters. The van der Waals surface area contributed by atoms with Crippen LogP contribution in [-0.4, -0.2) is 4.57 Å². The number of furan rings is 1. The van der Waals surface area contributed by atoms with Gasteiger partial charge in [0.15, 0.2) is 11.5 Å². The fourth-order valence-corrected chi connectivity index (χ4v) is 8.80. The predicted octanol–water partition coefficient (Wildman–Crippen LogP) is 15.3. The van der Waals surface area contributed by atoms with Gasteiger partial charge in [-0.15, -0.1) is 0 Å². The average Bonchev–Trinajstić information content (AvgIpc) is 3.83. The number of aromatic nitrogens is 1. The van der Waals surface area contributed by atoms with Crippen molar-refractivity contribution in [2.75, 3.05) is 4.90 Å². The van der Waals surface area contributed by atoms with Gasteiger partial charge in [0.1, 0.15) is 11.2 Å². The normalized spacial score (nSPS) is 11.9. The van der Waals surface area contributed by atoms with Crippen molar-refractivity contribution in [1.29, 1.82) is 0 Å². The van der Waals surface area contributed by atoms with Crippen molar-refractivity contribution in [2.45, 2.75) is 0 Å². The lowest BCUT2D eigenvalue weighted by atomic mass is 10.0. The Bertz CT molecular complexity index is 3340. The molecule has 0 spiro atoms. The van der Waals surface area contributed by atoms with Gasteiger partial charge < -0.3 is 18.6 Å². The molecule has 11 aromatic rings. The molecule has 1 aliphatic rings. The van der Waals surface area contributed by atoms with E-state index in [1.165, 1.54) is 33.0 Å². The van der Waals surface area contributed by atoms with Gasteiger partial charge in [-0.25, -0.2) is 0 Å². The molecule has 4 nitrogen and oxygen atoms in total. The summed E-state index contributed by atoms with van der Waals surface area (Å²) in [5.74, 6) is 1.72. The molecular weight excluding hydrogens is 709 g/mol. The molecule has 9 aromatic carbocycles. The van der Waals surface area contributed by atoms with Crippen molar-refractivity contribution in [2.24, 2.45) is 0 Å². The second-order valence-corrected chi connectivity index (χ2v) is 14.9. The molecule has 0 fully saturated rings. The molecule has 0 N–H and O–H groups in total. The van der Waals surface area contributed by atoms with Crippen LogP contribution in [0.15, 0.2) is 211 Å². The van der Waals surface area contributed by atoms with Crippen LogP contribution in [0.2, 0.25) is 0 Å². The quantitative estimate of drug-likeness (QED) is 0.170. The maximum Gasteiger partial charge on any atom is 0.152 e. The first-order chi connectivity index (χ1) is 28.7. The first-order valence-corrected chi connectivity index (χ1v) is 19.7. The zero-order chi connectivity index (χ0) is 38.2. The summed E-state index contributed by atoms with van der Waals surface area (Å²) in [5, 5.41) is 4.64. The third-order valence-corrected chi connectivity index (χ3v) is 11.6. The van der Waals surface area contributed by atoms with Crippen LogP contribution >= 0.6 is 0 Å². The number of nitrogens with zero attached hydrogens (tertiary/aromatic N) is 2. The summed E-state index contributed by atoms with van der Waals surface area (Å²) >= 11 is 0. The van der Waals surface area contributed by atoms with Gasteiger partial charge in [0, 0.05) is 44.7 Å².